The van der Waals surface area contributed by atoms with Crippen LogP contribution in [0.25, 0.3) is 10.6 Å². The predicted octanol–water partition coefficient (Wildman–Crippen LogP) is 3.88. The van der Waals surface area contributed by atoms with Gasteiger partial charge in [-0.05, 0) is 18.4 Å². The summed E-state index contributed by atoms with van der Waals surface area (Å²) in [7, 11) is 0. The average Bonchev–Trinajstić information content (AvgIpc) is 3.30. The van der Waals surface area contributed by atoms with Crippen LogP contribution >= 0.6 is 11.3 Å². The van der Waals surface area contributed by atoms with Crippen molar-refractivity contribution in [2.75, 3.05) is 5.32 Å². The molecule has 3 aromatic rings. The van der Waals surface area contributed by atoms with Crippen LogP contribution in [0.15, 0.2) is 60.7 Å². The van der Waals surface area contributed by atoms with Crippen molar-refractivity contribution in [3.05, 3.63) is 66.2 Å². The quantitative estimate of drug-likeness (QED) is 0.793. The number of carbonyl (C=O) groups excluding carboxylic acids is 1. The molecule has 0 saturated heterocycles. The molecule has 0 atom stereocenters. The Morgan fingerprint density at radius 3 is 2.26 bits per heavy atom. The number of hydrogen-bond acceptors (Lipinski definition) is 4. The molecule has 0 radical (unpaired) electrons. The molecule has 5 heteroatoms. The van der Waals surface area contributed by atoms with E-state index in [1.54, 1.807) is 0 Å². The smallest absolute Gasteiger partial charge is 0.236 e. The summed E-state index contributed by atoms with van der Waals surface area (Å²) in [4.78, 5) is 12.7. The molecule has 4 rings (SSSR count). The van der Waals surface area contributed by atoms with Crippen LogP contribution in [0.5, 0.6) is 0 Å². The number of benzene rings is 2. The number of rotatable bonds is 4. The van der Waals surface area contributed by atoms with Gasteiger partial charge in [0.25, 0.3) is 0 Å². The number of hydrogen-bond donors (Lipinski definition) is 1. The van der Waals surface area contributed by atoms with Crippen molar-refractivity contribution in [1.29, 1.82) is 0 Å². The summed E-state index contributed by atoms with van der Waals surface area (Å²) >= 11 is 1.40. The van der Waals surface area contributed by atoms with E-state index in [9.17, 15) is 4.79 Å². The van der Waals surface area contributed by atoms with Crippen molar-refractivity contribution in [3.8, 4) is 10.6 Å². The lowest BCUT2D eigenvalue weighted by Gasteiger charge is -2.13. The third kappa shape index (κ3) is 2.64. The Morgan fingerprint density at radius 2 is 1.61 bits per heavy atom. The second kappa shape index (κ2) is 5.59. The minimum Gasteiger partial charge on any atom is -0.300 e. The second-order valence-corrected chi connectivity index (χ2v) is 6.66. The number of nitrogens with zero attached hydrogens (tertiary/aromatic N) is 2. The van der Waals surface area contributed by atoms with Crippen LogP contribution in [0.2, 0.25) is 0 Å². The van der Waals surface area contributed by atoms with Gasteiger partial charge in [-0.1, -0.05) is 72.0 Å². The summed E-state index contributed by atoms with van der Waals surface area (Å²) in [6.07, 6.45) is 1.76. The van der Waals surface area contributed by atoms with Crippen LogP contribution in [-0.2, 0) is 10.2 Å². The zero-order valence-electron chi connectivity index (χ0n) is 12.4. The summed E-state index contributed by atoms with van der Waals surface area (Å²) in [5, 5.41) is 12.6. The Bertz CT molecular complexity index is 826. The zero-order chi connectivity index (χ0) is 15.7. The molecule has 2 aromatic carbocycles. The van der Waals surface area contributed by atoms with Gasteiger partial charge >= 0.3 is 0 Å². The third-order valence-electron chi connectivity index (χ3n) is 4.18. The molecular weight excluding hydrogens is 306 g/mol. The first kappa shape index (κ1) is 14.1. The minimum atomic E-state index is -0.389. The first-order chi connectivity index (χ1) is 11.3. The monoisotopic (exact) mass is 321 g/mol. The van der Waals surface area contributed by atoms with E-state index in [-0.39, 0.29) is 11.3 Å². The fourth-order valence-electron chi connectivity index (χ4n) is 2.72. The lowest BCUT2D eigenvalue weighted by Crippen LogP contribution is -2.27. The molecule has 0 spiro atoms. The summed E-state index contributed by atoms with van der Waals surface area (Å²) in [5.74, 6) is 0.0134. The standard InChI is InChI=1S/C18H15N3OS/c22-16(18(11-12-18)14-9-5-2-6-10-14)19-17-21-20-15(23-17)13-7-3-1-4-8-13/h1-10H,11-12H2,(H,19,21,22). The first-order valence-electron chi connectivity index (χ1n) is 7.54. The molecule has 23 heavy (non-hydrogen) atoms. The maximum atomic E-state index is 12.7. The van der Waals surface area contributed by atoms with Gasteiger partial charge in [-0.25, -0.2) is 0 Å². The van der Waals surface area contributed by atoms with Gasteiger partial charge in [0.15, 0.2) is 0 Å². The van der Waals surface area contributed by atoms with Gasteiger partial charge < -0.3 is 0 Å². The first-order valence-corrected chi connectivity index (χ1v) is 8.35. The molecule has 1 aliphatic rings. The molecule has 1 saturated carbocycles. The zero-order valence-corrected chi connectivity index (χ0v) is 13.2. The van der Waals surface area contributed by atoms with Gasteiger partial charge in [0.1, 0.15) is 5.01 Å². The molecule has 0 bridgehead atoms. The van der Waals surface area contributed by atoms with E-state index in [1.807, 2.05) is 60.7 Å². The molecule has 1 heterocycles. The highest BCUT2D eigenvalue weighted by Crippen LogP contribution is 2.49. The van der Waals surface area contributed by atoms with Gasteiger partial charge in [0.05, 0.1) is 5.41 Å². The van der Waals surface area contributed by atoms with Crippen molar-refractivity contribution in [2.24, 2.45) is 0 Å². The third-order valence-corrected chi connectivity index (χ3v) is 5.06. The largest absolute Gasteiger partial charge is 0.300 e. The van der Waals surface area contributed by atoms with Gasteiger partial charge in [-0.2, -0.15) is 0 Å². The number of aromatic nitrogens is 2. The Labute approximate surface area is 138 Å². The minimum absolute atomic E-state index is 0.0134. The van der Waals surface area contributed by atoms with E-state index in [0.717, 1.165) is 29.0 Å². The molecule has 0 aliphatic heterocycles. The van der Waals surface area contributed by atoms with E-state index in [0.29, 0.717) is 5.13 Å². The highest BCUT2D eigenvalue weighted by atomic mass is 32.1. The Hall–Kier alpha value is -2.53. The average molecular weight is 321 g/mol. The summed E-state index contributed by atoms with van der Waals surface area (Å²) < 4.78 is 0. The van der Waals surface area contributed by atoms with E-state index < -0.39 is 0 Å². The number of carbonyl (C=O) groups is 1. The number of nitrogens with one attached hydrogen (secondary N) is 1. The molecule has 1 aliphatic carbocycles. The van der Waals surface area contributed by atoms with Crippen molar-refractivity contribution in [3.63, 3.8) is 0 Å². The van der Waals surface area contributed by atoms with Crippen LogP contribution in [0.4, 0.5) is 5.13 Å². The fraction of sp³-hybridized carbons (Fsp3) is 0.167. The lowest BCUT2D eigenvalue weighted by atomic mass is 9.95. The van der Waals surface area contributed by atoms with Crippen LogP contribution < -0.4 is 5.32 Å². The molecule has 114 valence electrons. The predicted molar refractivity (Wildman–Crippen MR) is 91.3 cm³/mol. The van der Waals surface area contributed by atoms with Gasteiger partial charge in [-0.3, -0.25) is 10.1 Å². The van der Waals surface area contributed by atoms with Crippen LogP contribution in [0, 0.1) is 0 Å². The second-order valence-electron chi connectivity index (χ2n) is 5.68. The van der Waals surface area contributed by atoms with E-state index >= 15 is 0 Å². The topological polar surface area (TPSA) is 54.9 Å². The van der Waals surface area contributed by atoms with Gasteiger partial charge in [-0.15, -0.1) is 10.2 Å². The van der Waals surface area contributed by atoms with Crippen molar-refractivity contribution >= 4 is 22.4 Å². The van der Waals surface area contributed by atoms with Gasteiger partial charge in [0, 0.05) is 5.56 Å². The maximum absolute atomic E-state index is 12.7. The number of amides is 1. The van der Waals surface area contributed by atoms with Crippen molar-refractivity contribution in [1.82, 2.24) is 10.2 Å². The normalized spacial score (nSPS) is 15.1. The Balaban J connectivity index is 1.53. The molecule has 0 unspecified atom stereocenters. The summed E-state index contributed by atoms with van der Waals surface area (Å²) in [5.41, 5.74) is 1.69. The Morgan fingerprint density at radius 1 is 0.957 bits per heavy atom. The van der Waals surface area contributed by atoms with E-state index in [1.165, 1.54) is 11.3 Å². The van der Waals surface area contributed by atoms with E-state index in [4.69, 9.17) is 0 Å². The Kier molecular flexibility index (Phi) is 3.42. The van der Waals surface area contributed by atoms with Crippen LogP contribution in [0.3, 0.4) is 0 Å². The van der Waals surface area contributed by atoms with Gasteiger partial charge in [0.2, 0.25) is 11.0 Å². The van der Waals surface area contributed by atoms with Crippen LogP contribution in [-0.4, -0.2) is 16.1 Å². The highest BCUT2D eigenvalue weighted by molar-refractivity contribution is 7.18. The molecule has 1 amide bonds. The summed E-state index contributed by atoms with van der Waals surface area (Å²) in [6, 6.07) is 19.8. The fourth-order valence-corrected chi connectivity index (χ4v) is 3.46. The highest BCUT2D eigenvalue weighted by Gasteiger charge is 2.51. The SMILES string of the molecule is O=C(Nc1nnc(-c2ccccc2)s1)C1(c2ccccc2)CC1. The molecule has 1 N–H and O–H groups in total. The molecule has 1 fully saturated rings. The molecular formula is C18H15N3OS. The lowest BCUT2D eigenvalue weighted by molar-refractivity contribution is -0.118. The summed E-state index contributed by atoms with van der Waals surface area (Å²) in [6.45, 7) is 0. The van der Waals surface area contributed by atoms with E-state index in [2.05, 4.69) is 15.5 Å². The van der Waals surface area contributed by atoms with Crippen molar-refractivity contribution < 1.29 is 4.79 Å². The van der Waals surface area contributed by atoms with Crippen molar-refractivity contribution in [2.45, 2.75) is 18.3 Å². The molecule has 1 aromatic heterocycles. The number of anilines is 1. The van der Waals surface area contributed by atoms with Crippen LogP contribution in [0.1, 0.15) is 18.4 Å². The maximum Gasteiger partial charge on any atom is 0.236 e. The molecule has 4 nitrogen and oxygen atoms in total.